The minimum absolute atomic E-state index is 0.0136. The third-order valence-corrected chi connectivity index (χ3v) is 4.46. The van der Waals surface area contributed by atoms with Crippen LogP contribution in [0.5, 0.6) is 0 Å². The molecule has 0 spiro atoms. The fraction of sp³-hybridized carbons (Fsp3) is 0.250. The van der Waals surface area contributed by atoms with Crippen LogP contribution in [0.15, 0.2) is 48.5 Å². The van der Waals surface area contributed by atoms with Gasteiger partial charge in [-0.15, -0.1) is 0 Å². The minimum atomic E-state index is -1.09. The summed E-state index contributed by atoms with van der Waals surface area (Å²) in [4.78, 5) is 24.9. The number of ether oxygens (including phenoxy) is 1. The van der Waals surface area contributed by atoms with Gasteiger partial charge in [0.1, 0.15) is 0 Å². The maximum atomic E-state index is 12.7. The van der Waals surface area contributed by atoms with Gasteiger partial charge in [0.25, 0.3) is 0 Å². The van der Waals surface area contributed by atoms with E-state index in [1.807, 2.05) is 6.07 Å². The summed E-state index contributed by atoms with van der Waals surface area (Å²) in [7, 11) is 0. The van der Waals surface area contributed by atoms with Crippen molar-refractivity contribution in [1.82, 2.24) is 0 Å². The molecule has 2 aromatic rings. The lowest BCUT2D eigenvalue weighted by Crippen LogP contribution is -2.25. The quantitative estimate of drug-likeness (QED) is 0.490. The first-order chi connectivity index (χ1) is 12.5. The number of carbonyl (C=O) groups is 2. The highest BCUT2D eigenvalue weighted by Gasteiger charge is 2.33. The van der Waals surface area contributed by atoms with Crippen molar-refractivity contribution in [2.75, 3.05) is 6.61 Å². The predicted molar refractivity (Wildman–Crippen MR) is 100 cm³/mol. The van der Waals surface area contributed by atoms with E-state index in [1.54, 1.807) is 55.5 Å². The summed E-state index contributed by atoms with van der Waals surface area (Å²) in [5.41, 5.74) is 1.14. The number of Topliss-reactive ketones (excluding diaryl/α,β-unsaturated/α-hetero) is 1. The normalized spacial score (nSPS) is 12.7. The zero-order valence-corrected chi connectivity index (χ0v) is 15.6. The van der Waals surface area contributed by atoms with Crippen LogP contribution in [0.2, 0.25) is 10.0 Å². The van der Waals surface area contributed by atoms with Crippen molar-refractivity contribution in [3.05, 3.63) is 69.7 Å². The number of ketones is 1. The van der Waals surface area contributed by atoms with Crippen LogP contribution in [0.4, 0.5) is 0 Å². The number of halogens is 2. The van der Waals surface area contributed by atoms with Crippen molar-refractivity contribution in [2.45, 2.75) is 19.3 Å². The van der Waals surface area contributed by atoms with Crippen molar-refractivity contribution in [3.63, 3.8) is 0 Å². The molecule has 0 heterocycles. The Balaban J connectivity index is 2.34. The number of nitrogens with zero attached hydrogens (tertiary/aromatic N) is 1. The fourth-order valence-electron chi connectivity index (χ4n) is 2.63. The van der Waals surface area contributed by atoms with E-state index < -0.39 is 17.8 Å². The molecule has 0 radical (unpaired) electrons. The van der Waals surface area contributed by atoms with Crippen LogP contribution >= 0.6 is 23.2 Å². The molecule has 2 unspecified atom stereocenters. The molecule has 0 aliphatic heterocycles. The summed E-state index contributed by atoms with van der Waals surface area (Å²) in [6.45, 7) is 1.83. The fourth-order valence-corrected chi connectivity index (χ4v) is 2.88. The van der Waals surface area contributed by atoms with E-state index in [1.165, 1.54) is 0 Å². The van der Waals surface area contributed by atoms with Crippen LogP contribution in [0.3, 0.4) is 0 Å². The lowest BCUT2D eigenvalue weighted by molar-refractivity contribution is -0.146. The maximum Gasteiger partial charge on any atom is 0.323 e. The first-order valence-corrected chi connectivity index (χ1v) is 8.82. The molecule has 2 aromatic carbocycles. The van der Waals surface area contributed by atoms with E-state index in [2.05, 4.69) is 0 Å². The molecule has 0 fully saturated rings. The van der Waals surface area contributed by atoms with Gasteiger partial charge in [-0.3, -0.25) is 9.59 Å². The summed E-state index contributed by atoms with van der Waals surface area (Å²) in [5, 5.41) is 10.6. The lowest BCUT2D eigenvalue weighted by Gasteiger charge is -2.21. The monoisotopic (exact) mass is 389 g/mol. The van der Waals surface area contributed by atoms with Crippen LogP contribution in [0, 0.1) is 17.2 Å². The van der Waals surface area contributed by atoms with Crippen molar-refractivity contribution < 1.29 is 14.3 Å². The highest BCUT2D eigenvalue weighted by atomic mass is 35.5. The van der Waals surface area contributed by atoms with Gasteiger partial charge in [0.2, 0.25) is 0 Å². The summed E-state index contributed by atoms with van der Waals surface area (Å²) in [6, 6.07) is 15.2. The molecule has 0 amide bonds. The van der Waals surface area contributed by atoms with Gasteiger partial charge in [0.05, 0.1) is 12.7 Å². The van der Waals surface area contributed by atoms with Gasteiger partial charge in [-0.25, -0.2) is 0 Å². The zero-order valence-electron chi connectivity index (χ0n) is 14.1. The number of nitriles is 1. The number of hydrogen-bond donors (Lipinski definition) is 0. The average molecular weight is 390 g/mol. The predicted octanol–water partition coefficient (Wildman–Crippen LogP) is 5.05. The molecule has 4 nitrogen and oxygen atoms in total. The van der Waals surface area contributed by atoms with Crippen molar-refractivity contribution in [1.29, 1.82) is 5.26 Å². The number of rotatable bonds is 7. The van der Waals surface area contributed by atoms with Gasteiger partial charge in [-0.2, -0.15) is 5.26 Å². The third kappa shape index (κ3) is 5.08. The van der Waals surface area contributed by atoms with E-state index in [4.69, 9.17) is 27.9 Å². The van der Waals surface area contributed by atoms with E-state index in [0.717, 1.165) is 0 Å². The number of carbonyl (C=O) groups excluding carboxylic acids is 2. The number of benzene rings is 2. The van der Waals surface area contributed by atoms with Crippen LogP contribution in [0.25, 0.3) is 0 Å². The molecule has 0 aliphatic carbocycles. The maximum absolute atomic E-state index is 12.7. The highest BCUT2D eigenvalue weighted by molar-refractivity contribution is 6.30. The molecule has 134 valence electrons. The molecule has 0 saturated heterocycles. The second kappa shape index (κ2) is 9.38. The SMILES string of the molecule is CCOC(=O)C(C#N)C(CC(=O)c1ccc(Cl)cc1)c1ccc(Cl)cc1. The number of hydrogen-bond acceptors (Lipinski definition) is 4. The molecule has 0 aromatic heterocycles. The Morgan fingerprint density at radius 3 is 2.08 bits per heavy atom. The molecule has 0 saturated carbocycles. The molecule has 0 bridgehead atoms. The smallest absolute Gasteiger partial charge is 0.323 e. The highest BCUT2D eigenvalue weighted by Crippen LogP contribution is 2.31. The van der Waals surface area contributed by atoms with Gasteiger partial charge >= 0.3 is 5.97 Å². The van der Waals surface area contributed by atoms with E-state index >= 15 is 0 Å². The van der Waals surface area contributed by atoms with Gasteiger partial charge in [-0.1, -0.05) is 35.3 Å². The molecule has 2 rings (SSSR count). The Bertz CT molecular complexity index is 810. The average Bonchev–Trinajstić information content (AvgIpc) is 2.63. The van der Waals surface area contributed by atoms with Gasteiger partial charge in [-0.05, 0) is 48.9 Å². The Labute approximate surface area is 162 Å². The van der Waals surface area contributed by atoms with Gasteiger partial charge in [0, 0.05) is 27.9 Å². The first kappa shape index (κ1) is 20.0. The largest absolute Gasteiger partial charge is 0.465 e. The van der Waals surface area contributed by atoms with E-state index in [-0.39, 0.29) is 18.8 Å². The Kier molecular flexibility index (Phi) is 7.20. The van der Waals surface area contributed by atoms with Crippen molar-refractivity contribution >= 4 is 35.0 Å². The minimum Gasteiger partial charge on any atom is -0.465 e. The van der Waals surface area contributed by atoms with E-state index in [9.17, 15) is 14.9 Å². The lowest BCUT2D eigenvalue weighted by atomic mass is 9.82. The molecule has 0 N–H and O–H groups in total. The number of esters is 1. The van der Waals surface area contributed by atoms with Gasteiger partial charge in [0.15, 0.2) is 11.7 Å². The molecule has 2 atom stereocenters. The summed E-state index contributed by atoms with van der Waals surface area (Å²) >= 11 is 11.8. The molecule has 26 heavy (non-hydrogen) atoms. The van der Waals surface area contributed by atoms with Crippen LogP contribution in [-0.4, -0.2) is 18.4 Å². The third-order valence-electron chi connectivity index (χ3n) is 3.95. The summed E-state index contributed by atoms with van der Waals surface area (Å²) in [6.07, 6.45) is -0.0136. The summed E-state index contributed by atoms with van der Waals surface area (Å²) in [5.74, 6) is -2.56. The van der Waals surface area contributed by atoms with Gasteiger partial charge < -0.3 is 4.74 Å². The Morgan fingerprint density at radius 1 is 1.04 bits per heavy atom. The molecule has 6 heteroatoms. The Morgan fingerprint density at radius 2 is 1.58 bits per heavy atom. The van der Waals surface area contributed by atoms with Crippen LogP contribution in [-0.2, 0) is 9.53 Å². The van der Waals surface area contributed by atoms with Crippen LogP contribution in [0.1, 0.15) is 35.2 Å². The topological polar surface area (TPSA) is 67.2 Å². The second-order valence-electron chi connectivity index (χ2n) is 5.65. The zero-order chi connectivity index (χ0) is 19.1. The molecule has 0 aliphatic rings. The molecular formula is C20H17Cl2NO3. The van der Waals surface area contributed by atoms with Crippen LogP contribution < -0.4 is 0 Å². The standard InChI is InChI=1S/C20H17Cl2NO3/c1-2-26-20(25)18(12-23)17(13-3-7-15(21)8-4-13)11-19(24)14-5-9-16(22)10-6-14/h3-10,17-18H,2,11H2,1H3. The van der Waals surface area contributed by atoms with E-state index in [0.29, 0.717) is 21.2 Å². The molecular weight excluding hydrogens is 373 g/mol. The van der Waals surface area contributed by atoms with Crippen molar-refractivity contribution in [2.24, 2.45) is 5.92 Å². The summed E-state index contributed by atoms with van der Waals surface area (Å²) < 4.78 is 5.01. The second-order valence-corrected chi connectivity index (χ2v) is 6.52. The van der Waals surface area contributed by atoms with Crippen molar-refractivity contribution in [3.8, 4) is 6.07 Å². The first-order valence-electron chi connectivity index (χ1n) is 8.06. The Hall–Kier alpha value is -2.35.